The van der Waals surface area contributed by atoms with E-state index in [2.05, 4.69) is 0 Å². The molecule has 1 atom stereocenters. The molecule has 0 radical (unpaired) electrons. The van der Waals surface area contributed by atoms with Gasteiger partial charge in [-0.25, -0.2) is 8.42 Å². The number of rotatable bonds is 2. The second kappa shape index (κ2) is 5.38. The summed E-state index contributed by atoms with van der Waals surface area (Å²) in [7, 11) is -3.99. The molecule has 0 aliphatic carbocycles. The Kier molecular flexibility index (Phi) is 3.76. The molecule has 8 heteroatoms. The van der Waals surface area contributed by atoms with Crippen molar-refractivity contribution in [2.45, 2.75) is 30.6 Å². The van der Waals surface area contributed by atoms with Gasteiger partial charge in [0.25, 0.3) is 0 Å². The van der Waals surface area contributed by atoms with E-state index in [0.717, 1.165) is 17.8 Å². The molecule has 1 aromatic heterocycles. The van der Waals surface area contributed by atoms with Crippen LogP contribution in [0.25, 0.3) is 0 Å². The molecule has 0 unspecified atom stereocenters. The summed E-state index contributed by atoms with van der Waals surface area (Å²) in [5.41, 5.74) is -0.140. The number of sulfonamides is 1. The summed E-state index contributed by atoms with van der Waals surface area (Å²) in [5, 5.41) is 0. The molecular formula is C15H15F3N2O2S. The van der Waals surface area contributed by atoms with Gasteiger partial charge >= 0.3 is 6.18 Å². The summed E-state index contributed by atoms with van der Waals surface area (Å²) in [6.45, 7) is 2.43. The number of aromatic nitrogens is 1. The fourth-order valence-electron chi connectivity index (χ4n) is 2.85. The molecule has 4 nitrogen and oxygen atoms in total. The van der Waals surface area contributed by atoms with Gasteiger partial charge < -0.3 is 4.57 Å². The average Bonchev–Trinajstić information content (AvgIpc) is 2.96. The third-order valence-electron chi connectivity index (χ3n) is 4.05. The maximum atomic E-state index is 12.8. The Balaban J connectivity index is 2.00. The molecule has 0 saturated heterocycles. The van der Waals surface area contributed by atoms with E-state index >= 15 is 0 Å². The highest BCUT2D eigenvalue weighted by Crippen LogP contribution is 2.34. The Morgan fingerprint density at radius 1 is 1.13 bits per heavy atom. The van der Waals surface area contributed by atoms with Crippen molar-refractivity contribution in [3.63, 3.8) is 0 Å². The van der Waals surface area contributed by atoms with E-state index in [1.165, 1.54) is 10.4 Å². The van der Waals surface area contributed by atoms with Gasteiger partial charge in [-0.2, -0.15) is 17.5 Å². The van der Waals surface area contributed by atoms with Gasteiger partial charge in [0, 0.05) is 25.0 Å². The van der Waals surface area contributed by atoms with Crippen LogP contribution in [0.2, 0.25) is 0 Å². The largest absolute Gasteiger partial charge is 0.416 e. The van der Waals surface area contributed by atoms with Gasteiger partial charge in [0.15, 0.2) is 0 Å². The number of hydrogen-bond donors (Lipinski definition) is 0. The van der Waals surface area contributed by atoms with Crippen LogP contribution < -0.4 is 0 Å². The molecule has 0 N–H and O–H groups in total. The Labute approximate surface area is 132 Å². The molecule has 0 fully saturated rings. The fourth-order valence-corrected chi connectivity index (χ4v) is 4.50. The number of alkyl halides is 3. The van der Waals surface area contributed by atoms with Crippen molar-refractivity contribution in [1.29, 1.82) is 0 Å². The van der Waals surface area contributed by atoms with Gasteiger partial charge in [0.1, 0.15) is 0 Å². The van der Waals surface area contributed by atoms with E-state index in [4.69, 9.17) is 0 Å². The van der Waals surface area contributed by atoms with Crippen LogP contribution in [0.3, 0.4) is 0 Å². The SMILES string of the molecule is C[C@H]1c2cccn2CCN1S(=O)(=O)c1cccc(C(F)(F)F)c1. The average molecular weight is 344 g/mol. The van der Waals surface area contributed by atoms with Crippen molar-refractivity contribution < 1.29 is 21.6 Å². The van der Waals surface area contributed by atoms with Crippen LogP contribution in [0.15, 0.2) is 47.5 Å². The normalized spacial score (nSPS) is 19.6. The molecule has 23 heavy (non-hydrogen) atoms. The number of nitrogens with zero attached hydrogens (tertiary/aromatic N) is 2. The first-order valence-electron chi connectivity index (χ1n) is 7.05. The molecule has 2 heterocycles. The van der Waals surface area contributed by atoms with Crippen molar-refractivity contribution in [2.24, 2.45) is 0 Å². The first-order valence-corrected chi connectivity index (χ1v) is 8.49. The minimum atomic E-state index is -4.58. The van der Waals surface area contributed by atoms with Gasteiger partial charge in [-0.05, 0) is 37.3 Å². The first-order chi connectivity index (χ1) is 10.7. The summed E-state index contributed by atoms with van der Waals surface area (Å²) < 4.78 is 67.2. The molecule has 124 valence electrons. The highest BCUT2D eigenvalue weighted by molar-refractivity contribution is 7.89. The summed E-state index contributed by atoms with van der Waals surface area (Å²) in [5.74, 6) is 0. The summed E-state index contributed by atoms with van der Waals surface area (Å²) in [4.78, 5) is -0.334. The third kappa shape index (κ3) is 2.76. The highest BCUT2D eigenvalue weighted by atomic mass is 32.2. The van der Waals surface area contributed by atoms with Crippen LogP contribution in [-0.2, 0) is 22.7 Å². The second-order valence-corrected chi connectivity index (χ2v) is 7.33. The molecule has 0 bridgehead atoms. The number of fused-ring (bicyclic) bond motifs is 1. The molecule has 0 amide bonds. The predicted molar refractivity (Wildman–Crippen MR) is 78.2 cm³/mol. The van der Waals surface area contributed by atoms with E-state index in [0.29, 0.717) is 12.6 Å². The van der Waals surface area contributed by atoms with Gasteiger partial charge in [-0.3, -0.25) is 0 Å². The topological polar surface area (TPSA) is 42.3 Å². The van der Waals surface area contributed by atoms with Crippen LogP contribution in [-0.4, -0.2) is 23.8 Å². The van der Waals surface area contributed by atoms with E-state index in [1.54, 1.807) is 6.92 Å². The van der Waals surface area contributed by atoms with Crippen LogP contribution >= 0.6 is 0 Å². The summed E-state index contributed by atoms with van der Waals surface area (Å²) in [6.07, 6.45) is -2.71. The fraction of sp³-hybridized carbons (Fsp3) is 0.333. The molecule has 1 aliphatic rings. The Morgan fingerprint density at radius 3 is 2.57 bits per heavy atom. The van der Waals surface area contributed by atoms with Crippen LogP contribution in [0.5, 0.6) is 0 Å². The smallest absolute Gasteiger partial charge is 0.349 e. The van der Waals surface area contributed by atoms with Crippen molar-refractivity contribution in [2.75, 3.05) is 6.54 Å². The first kappa shape index (κ1) is 16.1. The zero-order valence-electron chi connectivity index (χ0n) is 12.3. The van der Waals surface area contributed by atoms with E-state index in [9.17, 15) is 21.6 Å². The molecule has 1 aliphatic heterocycles. The Bertz CT molecular complexity index is 827. The van der Waals surface area contributed by atoms with Crippen LogP contribution in [0.4, 0.5) is 13.2 Å². The molecule has 2 aromatic rings. The van der Waals surface area contributed by atoms with Crippen LogP contribution in [0.1, 0.15) is 24.2 Å². The van der Waals surface area contributed by atoms with Gasteiger partial charge in [0.05, 0.1) is 16.5 Å². The van der Waals surface area contributed by atoms with E-state index in [1.807, 2.05) is 22.9 Å². The highest BCUT2D eigenvalue weighted by Gasteiger charge is 2.36. The minimum absolute atomic E-state index is 0.224. The Morgan fingerprint density at radius 2 is 1.87 bits per heavy atom. The quantitative estimate of drug-likeness (QED) is 0.839. The monoisotopic (exact) mass is 344 g/mol. The summed E-state index contributed by atoms with van der Waals surface area (Å²) >= 11 is 0. The molecular weight excluding hydrogens is 329 g/mol. The Hall–Kier alpha value is -1.80. The lowest BCUT2D eigenvalue weighted by molar-refractivity contribution is -0.137. The zero-order valence-corrected chi connectivity index (χ0v) is 13.1. The zero-order chi connectivity index (χ0) is 16.8. The van der Waals surface area contributed by atoms with Crippen molar-refractivity contribution in [1.82, 2.24) is 8.87 Å². The maximum Gasteiger partial charge on any atom is 0.416 e. The van der Waals surface area contributed by atoms with Gasteiger partial charge in [-0.15, -0.1) is 0 Å². The second-order valence-electron chi connectivity index (χ2n) is 5.44. The third-order valence-corrected chi connectivity index (χ3v) is 6.02. The lowest BCUT2D eigenvalue weighted by Crippen LogP contribution is -2.40. The van der Waals surface area contributed by atoms with Crippen LogP contribution in [0, 0.1) is 0 Å². The maximum absolute atomic E-state index is 12.8. The van der Waals surface area contributed by atoms with Crippen molar-refractivity contribution >= 4 is 10.0 Å². The van der Waals surface area contributed by atoms with Crippen molar-refractivity contribution in [3.8, 4) is 0 Å². The predicted octanol–water partition coefficient (Wildman–Crippen LogP) is 3.27. The van der Waals surface area contributed by atoms with Gasteiger partial charge in [-0.1, -0.05) is 6.07 Å². The molecule has 1 aromatic carbocycles. The molecule has 0 saturated carbocycles. The van der Waals surface area contributed by atoms with E-state index in [-0.39, 0.29) is 11.4 Å². The minimum Gasteiger partial charge on any atom is -0.349 e. The van der Waals surface area contributed by atoms with Crippen molar-refractivity contribution in [3.05, 3.63) is 53.9 Å². The van der Waals surface area contributed by atoms with Gasteiger partial charge in [0.2, 0.25) is 10.0 Å². The standard InChI is InChI=1S/C15H15F3N2O2S/c1-11-14-6-3-7-19(14)8-9-20(11)23(21,22)13-5-2-4-12(10-13)15(16,17)18/h2-7,10-11H,8-9H2,1H3/t11-/m0/s1. The molecule has 0 spiro atoms. The summed E-state index contributed by atoms with van der Waals surface area (Å²) in [6, 6.07) is 7.08. The lowest BCUT2D eigenvalue weighted by Gasteiger charge is -2.34. The number of halogens is 3. The number of benzene rings is 1. The molecule has 3 rings (SSSR count). The van der Waals surface area contributed by atoms with E-state index < -0.39 is 27.8 Å². The lowest BCUT2D eigenvalue weighted by atomic mass is 10.2. The number of hydrogen-bond acceptors (Lipinski definition) is 2.